The minimum atomic E-state index is -0.138. The number of nitrogens with zero attached hydrogens (tertiary/aromatic N) is 4. The van der Waals surface area contributed by atoms with Gasteiger partial charge in [-0.15, -0.1) is 0 Å². The molecule has 0 amide bonds. The third kappa shape index (κ3) is 7.19. The Morgan fingerprint density at radius 3 is 2.54 bits per heavy atom. The van der Waals surface area contributed by atoms with Gasteiger partial charge in [0.2, 0.25) is 0 Å². The van der Waals surface area contributed by atoms with Crippen molar-refractivity contribution < 1.29 is 14.0 Å². The number of rotatable bonds is 13. The number of ether oxygens (including phenoxy) is 2. The maximum absolute atomic E-state index is 9.10. The van der Waals surface area contributed by atoms with Gasteiger partial charge in [0.15, 0.2) is 11.9 Å². The highest BCUT2D eigenvalue weighted by Gasteiger charge is 2.24. The Kier molecular flexibility index (Phi) is 10.4. The molecule has 1 aromatic heterocycles. The number of benzene rings is 2. The molecule has 2 unspecified atom stereocenters. The van der Waals surface area contributed by atoms with Crippen molar-refractivity contribution in [2.75, 3.05) is 45.3 Å². The van der Waals surface area contributed by atoms with Gasteiger partial charge in [0.25, 0.3) is 0 Å². The molecule has 0 N–H and O–H groups in total. The number of nitriles is 1. The fourth-order valence-electron chi connectivity index (χ4n) is 5.69. The van der Waals surface area contributed by atoms with E-state index in [0.717, 1.165) is 62.1 Å². The summed E-state index contributed by atoms with van der Waals surface area (Å²) in [6.07, 6.45) is 5.35. The highest BCUT2D eigenvalue weighted by molar-refractivity contribution is 5.88. The smallest absolute Gasteiger partial charge is 0.172 e. The monoisotopic (exact) mass is 532 g/mol. The normalized spacial score (nSPS) is 16.3. The van der Waals surface area contributed by atoms with Crippen molar-refractivity contribution in [2.24, 2.45) is 5.92 Å². The number of fused-ring (bicyclic) bond motifs is 1. The van der Waals surface area contributed by atoms with Crippen molar-refractivity contribution in [3.8, 4) is 6.07 Å². The Bertz CT molecular complexity index is 1220. The SMILES string of the molecule is CCOC(CN1CCC(CCc2noc3c(C(C)CC)c(N(C)Cc4ccc(C#N)cc4)ccc23)CC1)OC. The van der Waals surface area contributed by atoms with Gasteiger partial charge in [0.05, 0.1) is 17.3 Å². The molecule has 0 bridgehead atoms. The van der Waals surface area contributed by atoms with E-state index in [4.69, 9.17) is 19.3 Å². The van der Waals surface area contributed by atoms with Crippen molar-refractivity contribution in [3.05, 3.63) is 58.8 Å². The minimum absolute atomic E-state index is 0.138. The zero-order valence-electron chi connectivity index (χ0n) is 24.3. The molecule has 0 saturated carbocycles. The number of aromatic nitrogens is 1. The predicted octanol–water partition coefficient (Wildman–Crippen LogP) is 6.50. The van der Waals surface area contributed by atoms with Crippen molar-refractivity contribution >= 4 is 16.7 Å². The standard InChI is InChI=1S/C32H44N4O3/c1-6-23(3)31-29(35(4)21-26-10-8-25(20-33)9-11-26)15-13-27-28(34-39-32(27)31)14-12-24-16-18-36(19-17-24)22-30(37-5)38-7-2/h8-11,13,15,23-24,30H,6-7,12,14,16-19,21-22H2,1-5H3. The quantitative estimate of drug-likeness (QED) is 0.233. The summed E-state index contributed by atoms with van der Waals surface area (Å²) in [5.41, 5.74) is 6.28. The summed E-state index contributed by atoms with van der Waals surface area (Å²) in [5, 5.41) is 14.8. The van der Waals surface area contributed by atoms with Gasteiger partial charge in [0.1, 0.15) is 0 Å². The first-order chi connectivity index (χ1) is 19.0. The molecule has 210 valence electrons. The molecule has 0 radical (unpaired) electrons. The summed E-state index contributed by atoms with van der Waals surface area (Å²) in [5.74, 6) is 1.05. The van der Waals surface area contributed by atoms with Crippen LogP contribution in [0.1, 0.15) is 74.8 Å². The number of anilines is 1. The number of aryl methyl sites for hydroxylation is 1. The van der Waals surface area contributed by atoms with Gasteiger partial charge >= 0.3 is 0 Å². The van der Waals surface area contributed by atoms with Crippen LogP contribution in [0.25, 0.3) is 11.0 Å². The van der Waals surface area contributed by atoms with Crippen LogP contribution in [0.4, 0.5) is 5.69 Å². The van der Waals surface area contributed by atoms with Gasteiger partial charge in [-0.1, -0.05) is 31.1 Å². The van der Waals surface area contributed by atoms with Crippen molar-refractivity contribution in [3.63, 3.8) is 0 Å². The zero-order chi connectivity index (χ0) is 27.8. The number of methoxy groups -OCH3 is 1. The van der Waals surface area contributed by atoms with Crippen LogP contribution in [-0.2, 0) is 22.4 Å². The van der Waals surface area contributed by atoms with E-state index in [1.165, 1.54) is 29.7 Å². The second kappa shape index (κ2) is 13.9. The maximum atomic E-state index is 9.10. The lowest BCUT2D eigenvalue weighted by molar-refractivity contribution is -0.134. The maximum Gasteiger partial charge on any atom is 0.172 e. The van der Waals surface area contributed by atoms with Crippen LogP contribution in [0.15, 0.2) is 40.9 Å². The molecule has 2 atom stereocenters. The lowest BCUT2D eigenvalue weighted by Crippen LogP contribution is -2.40. The van der Waals surface area contributed by atoms with E-state index in [9.17, 15) is 0 Å². The second-order valence-electron chi connectivity index (χ2n) is 10.9. The molecule has 1 saturated heterocycles. The lowest BCUT2D eigenvalue weighted by atomic mass is 9.90. The van der Waals surface area contributed by atoms with Crippen molar-refractivity contribution in [1.29, 1.82) is 5.26 Å². The van der Waals surface area contributed by atoms with E-state index in [0.29, 0.717) is 24.0 Å². The van der Waals surface area contributed by atoms with E-state index < -0.39 is 0 Å². The van der Waals surface area contributed by atoms with Crippen LogP contribution in [0, 0.1) is 17.2 Å². The Labute approximate surface area is 233 Å². The van der Waals surface area contributed by atoms with Crippen LogP contribution >= 0.6 is 0 Å². The Morgan fingerprint density at radius 2 is 1.90 bits per heavy atom. The van der Waals surface area contributed by atoms with Gasteiger partial charge in [-0.05, 0) is 93.8 Å². The van der Waals surface area contributed by atoms with Crippen LogP contribution in [0.5, 0.6) is 0 Å². The molecule has 1 aliphatic heterocycles. The molecule has 0 spiro atoms. The van der Waals surface area contributed by atoms with E-state index in [-0.39, 0.29) is 6.29 Å². The first kappa shape index (κ1) is 29.1. The van der Waals surface area contributed by atoms with Crippen LogP contribution in [0.2, 0.25) is 0 Å². The molecular weight excluding hydrogens is 488 g/mol. The summed E-state index contributed by atoms with van der Waals surface area (Å²) in [7, 11) is 3.84. The number of piperidine rings is 1. The van der Waals surface area contributed by atoms with Crippen molar-refractivity contribution in [1.82, 2.24) is 10.1 Å². The van der Waals surface area contributed by atoms with Gasteiger partial charge in [-0.2, -0.15) is 5.26 Å². The Hall–Kier alpha value is -2.92. The molecule has 3 aromatic rings. The molecule has 0 aliphatic carbocycles. The van der Waals surface area contributed by atoms with Crippen LogP contribution in [-0.4, -0.2) is 56.7 Å². The molecule has 2 aromatic carbocycles. The Balaban J connectivity index is 1.43. The highest BCUT2D eigenvalue weighted by atomic mass is 16.7. The van der Waals surface area contributed by atoms with Crippen LogP contribution in [0.3, 0.4) is 0 Å². The average Bonchev–Trinajstić information content (AvgIpc) is 3.39. The van der Waals surface area contributed by atoms with E-state index in [1.807, 2.05) is 31.2 Å². The van der Waals surface area contributed by atoms with Gasteiger partial charge in [0, 0.05) is 50.5 Å². The summed E-state index contributed by atoms with van der Waals surface area (Å²) >= 11 is 0. The fourth-order valence-corrected chi connectivity index (χ4v) is 5.69. The first-order valence-electron chi connectivity index (χ1n) is 14.4. The molecule has 7 nitrogen and oxygen atoms in total. The third-order valence-electron chi connectivity index (χ3n) is 8.27. The predicted molar refractivity (Wildman–Crippen MR) is 156 cm³/mol. The number of hydrogen-bond acceptors (Lipinski definition) is 7. The molecule has 7 heteroatoms. The molecule has 2 heterocycles. The fraction of sp³-hybridized carbons (Fsp3) is 0.562. The first-order valence-corrected chi connectivity index (χ1v) is 14.4. The molecule has 1 fully saturated rings. The molecule has 39 heavy (non-hydrogen) atoms. The average molecular weight is 533 g/mol. The van der Waals surface area contributed by atoms with Crippen molar-refractivity contribution in [2.45, 2.75) is 71.6 Å². The lowest BCUT2D eigenvalue weighted by Gasteiger charge is -2.33. The topological polar surface area (TPSA) is 74.8 Å². The second-order valence-corrected chi connectivity index (χ2v) is 10.9. The van der Waals surface area contributed by atoms with Gasteiger partial charge in [-0.25, -0.2) is 0 Å². The van der Waals surface area contributed by atoms with E-state index in [2.05, 4.69) is 54.1 Å². The molecule has 4 rings (SSSR count). The van der Waals surface area contributed by atoms with E-state index in [1.54, 1.807) is 7.11 Å². The van der Waals surface area contributed by atoms with E-state index >= 15 is 0 Å². The van der Waals surface area contributed by atoms with Crippen LogP contribution < -0.4 is 4.90 Å². The highest BCUT2D eigenvalue weighted by Crippen LogP contribution is 2.38. The summed E-state index contributed by atoms with van der Waals surface area (Å²) < 4.78 is 17.2. The largest absolute Gasteiger partial charge is 0.370 e. The number of likely N-dealkylation sites (tertiary alicyclic amines) is 1. The summed E-state index contributed by atoms with van der Waals surface area (Å²) in [4.78, 5) is 4.73. The third-order valence-corrected chi connectivity index (χ3v) is 8.27. The van der Waals surface area contributed by atoms with Gasteiger partial charge in [-0.3, -0.25) is 4.90 Å². The zero-order valence-corrected chi connectivity index (χ0v) is 24.3. The minimum Gasteiger partial charge on any atom is -0.370 e. The number of hydrogen-bond donors (Lipinski definition) is 0. The van der Waals surface area contributed by atoms with Gasteiger partial charge < -0.3 is 18.9 Å². The summed E-state index contributed by atoms with van der Waals surface area (Å²) in [6.45, 7) is 10.9. The summed E-state index contributed by atoms with van der Waals surface area (Å²) in [6, 6.07) is 14.4. The molecule has 1 aliphatic rings. The Morgan fingerprint density at radius 1 is 1.15 bits per heavy atom. The molecular formula is C32H44N4O3.